The second-order valence-electron chi connectivity index (χ2n) is 9.95. The summed E-state index contributed by atoms with van der Waals surface area (Å²) in [5.41, 5.74) is 0.611. The third-order valence-corrected chi connectivity index (χ3v) is 7.65. The molecule has 0 bridgehead atoms. The van der Waals surface area contributed by atoms with Crippen molar-refractivity contribution in [3.8, 4) is 17.1 Å². The van der Waals surface area contributed by atoms with Crippen LogP contribution in [0.2, 0.25) is 0 Å². The molecule has 0 aliphatic carbocycles. The first-order valence-corrected chi connectivity index (χ1v) is 12.3. The highest BCUT2D eigenvalue weighted by atomic mass is 19.1. The first kappa shape index (κ1) is 23.3. The minimum Gasteiger partial charge on any atom is -0.354 e. The van der Waals surface area contributed by atoms with E-state index in [0.29, 0.717) is 18.8 Å². The number of anilines is 1. The van der Waals surface area contributed by atoms with Crippen molar-refractivity contribution in [1.29, 1.82) is 0 Å². The molecule has 10 heteroatoms. The molecule has 1 spiro atoms. The number of aromatic nitrogens is 4. The standard InChI is InChI=1S/C27H25F2N7O/c1-30-22-5-3-17(14-20(22)28)24-32-25(35-11-8-27(9-12-35)7-10-31-16-27)23(29)26(37)36(24)19-4-6-21-18(13-19)15-34(2)33-21/h3-6,13-15,31H,7-12,16H2,2H3. The van der Waals surface area contributed by atoms with Gasteiger partial charge in [-0.25, -0.2) is 14.2 Å². The van der Waals surface area contributed by atoms with Gasteiger partial charge >= 0.3 is 0 Å². The molecular formula is C27H25F2N7O. The van der Waals surface area contributed by atoms with E-state index in [1.165, 1.54) is 22.8 Å². The van der Waals surface area contributed by atoms with Gasteiger partial charge in [-0.2, -0.15) is 9.49 Å². The van der Waals surface area contributed by atoms with Crippen molar-refractivity contribution >= 4 is 22.4 Å². The summed E-state index contributed by atoms with van der Waals surface area (Å²) in [6.07, 6.45) is 4.65. The molecule has 0 unspecified atom stereocenters. The predicted molar refractivity (Wildman–Crippen MR) is 137 cm³/mol. The zero-order valence-corrected chi connectivity index (χ0v) is 20.3. The summed E-state index contributed by atoms with van der Waals surface area (Å²) >= 11 is 0. The van der Waals surface area contributed by atoms with Crippen molar-refractivity contribution in [1.82, 2.24) is 24.6 Å². The summed E-state index contributed by atoms with van der Waals surface area (Å²) in [6.45, 7) is 10.3. The van der Waals surface area contributed by atoms with Gasteiger partial charge in [0.25, 0.3) is 5.56 Å². The zero-order valence-electron chi connectivity index (χ0n) is 20.3. The quantitative estimate of drug-likeness (QED) is 0.426. The number of fused-ring (bicyclic) bond motifs is 1. The number of aryl methyl sites for hydroxylation is 1. The molecule has 1 N–H and O–H groups in total. The van der Waals surface area contributed by atoms with E-state index < -0.39 is 17.2 Å². The van der Waals surface area contributed by atoms with Crippen molar-refractivity contribution < 1.29 is 8.78 Å². The Balaban J connectivity index is 1.51. The van der Waals surface area contributed by atoms with Crippen LogP contribution in [0.15, 0.2) is 47.4 Å². The molecule has 0 saturated carbocycles. The van der Waals surface area contributed by atoms with Gasteiger partial charge in [-0.1, -0.05) is 12.1 Å². The van der Waals surface area contributed by atoms with Gasteiger partial charge < -0.3 is 10.2 Å². The SMILES string of the molecule is [C-]#[N+]c1ccc(-c2nc(N3CCC4(CCNC4)CC3)c(F)c(=O)n2-c2ccc3nn(C)cc3c2)cc1F. The normalized spacial score (nSPS) is 17.0. The molecule has 0 atom stereocenters. The van der Waals surface area contributed by atoms with Crippen LogP contribution in [0.5, 0.6) is 0 Å². The Morgan fingerprint density at radius 2 is 1.92 bits per heavy atom. The van der Waals surface area contributed by atoms with Crippen molar-refractivity contribution in [2.45, 2.75) is 19.3 Å². The van der Waals surface area contributed by atoms with Gasteiger partial charge in [0.1, 0.15) is 11.6 Å². The molecule has 6 rings (SSSR count). The van der Waals surface area contributed by atoms with Gasteiger partial charge in [-0.05, 0) is 55.5 Å². The molecule has 4 aromatic rings. The number of nitrogens with one attached hydrogen (secondary N) is 1. The molecule has 8 nitrogen and oxygen atoms in total. The molecule has 0 radical (unpaired) electrons. The monoisotopic (exact) mass is 501 g/mol. The number of piperidine rings is 1. The summed E-state index contributed by atoms with van der Waals surface area (Å²) in [5.74, 6) is -1.57. The largest absolute Gasteiger partial charge is 0.354 e. The predicted octanol–water partition coefficient (Wildman–Crippen LogP) is 4.20. The number of nitrogens with zero attached hydrogens (tertiary/aromatic N) is 6. The van der Waals surface area contributed by atoms with Crippen molar-refractivity contribution in [2.24, 2.45) is 12.5 Å². The Morgan fingerprint density at radius 1 is 1.11 bits per heavy atom. The fourth-order valence-corrected chi connectivity index (χ4v) is 5.56. The average molecular weight is 502 g/mol. The van der Waals surface area contributed by atoms with E-state index in [1.807, 2.05) is 4.90 Å². The molecule has 188 valence electrons. The summed E-state index contributed by atoms with van der Waals surface area (Å²) in [6, 6.07) is 9.20. The van der Waals surface area contributed by atoms with Crippen molar-refractivity contribution in [3.63, 3.8) is 0 Å². The molecule has 2 saturated heterocycles. The van der Waals surface area contributed by atoms with Crippen LogP contribution in [0, 0.1) is 23.6 Å². The minimum atomic E-state index is -0.936. The summed E-state index contributed by atoms with van der Waals surface area (Å²) in [5, 5.41) is 8.54. The Morgan fingerprint density at radius 3 is 2.62 bits per heavy atom. The lowest BCUT2D eigenvalue weighted by atomic mass is 9.78. The zero-order chi connectivity index (χ0) is 25.7. The van der Waals surface area contributed by atoms with Gasteiger partial charge in [0.05, 0.1) is 17.8 Å². The lowest BCUT2D eigenvalue weighted by Gasteiger charge is -2.39. The lowest BCUT2D eigenvalue weighted by molar-refractivity contribution is 0.246. The number of hydrogen-bond donors (Lipinski definition) is 1. The number of hydrogen-bond acceptors (Lipinski definition) is 5. The van der Waals surface area contributed by atoms with Gasteiger partial charge in [0.15, 0.2) is 5.82 Å². The van der Waals surface area contributed by atoms with E-state index in [0.717, 1.165) is 43.3 Å². The summed E-state index contributed by atoms with van der Waals surface area (Å²) < 4.78 is 33.2. The van der Waals surface area contributed by atoms with Gasteiger partial charge in [0.2, 0.25) is 11.5 Å². The summed E-state index contributed by atoms with van der Waals surface area (Å²) in [4.78, 5) is 23.2. The fourth-order valence-electron chi connectivity index (χ4n) is 5.56. The van der Waals surface area contributed by atoms with E-state index in [2.05, 4.69) is 20.2 Å². The van der Waals surface area contributed by atoms with E-state index in [1.54, 1.807) is 36.1 Å². The Hall–Kier alpha value is -4.10. The highest BCUT2D eigenvalue weighted by molar-refractivity contribution is 5.81. The van der Waals surface area contributed by atoms with Crippen LogP contribution in [-0.2, 0) is 7.05 Å². The summed E-state index contributed by atoms with van der Waals surface area (Å²) in [7, 11) is 1.79. The lowest BCUT2D eigenvalue weighted by Crippen LogP contribution is -2.43. The van der Waals surface area contributed by atoms with Crippen LogP contribution in [0.25, 0.3) is 32.8 Å². The molecule has 37 heavy (non-hydrogen) atoms. The first-order valence-electron chi connectivity index (χ1n) is 12.3. The van der Waals surface area contributed by atoms with Gasteiger partial charge in [-0.15, -0.1) is 0 Å². The van der Waals surface area contributed by atoms with E-state index in [4.69, 9.17) is 6.57 Å². The molecule has 2 aliphatic rings. The fraction of sp³-hybridized carbons (Fsp3) is 0.333. The number of rotatable bonds is 3. The van der Waals surface area contributed by atoms with E-state index >= 15 is 4.39 Å². The maximum Gasteiger partial charge on any atom is 0.296 e. The van der Waals surface area contributed by atoms with Crippen LogP contribution < -0.4 is 15.8 Å². The highest BCUT2D eigenvalue weighted by Crippen LogP contribution is 2.38. The maximum absolute atomic E-state index is 15.7. The van der Waals surface area contributed by atoms with E-state index in [9.17, 15) is 9.18 Å². The highest BCUT2D eigenvalue weighted by Gasteiger charge is 2.38. The molecule has 2 aromatic carbocycles. The third-order valence-electron chi connectivity index (χ3n) is 7.65. The Bertz CT molecular complexity index is 1620. The Kier molecular flexibility index (Phi) is 5.53. The molecule has 4 heterocycles. The average Bonchev–Trinajstić information content (AvgIpc) is 3.51. The van der Waals surface area contributed by atoms with Gasteiger partial charge in [0, 0.05) is 43.8 Å². The molecule has 2 aliphatic heterocycles. The number of benzene rings is 2. The third kappa shape index (κ3) is 3.96. The van der Waals surface area contributed by atoms with Crippen LogP contribution in [0.4, 0.5) is 20.3 Å². The van der Waals surface area contributed by atoms with Crippen molar-refractivity contribution in [3.05, 3.63) is 76.0 Å². The molecule has 2 aromatic heterocycles. The van der Waals surface area contributed by atoms with Crippen LogP contribution >= 0.6 is 0 Å². The van der Waals surface area contributed by atoms with Crippen LogP contribution in [0.1, 0.15) is 19.3 Å². The second-order valence-corrected chi connectivity index (χ2v) is 9.95. The minimum absolute atomic E-state index is 0.0193. The molecule has 0 amide bonds. The Labute approximate surface area is 212 Å². The molecular weight excluding hydrogens is 476 g/mol. The number of halogens is 2. The van der Waals surface area contributed by atoms with E-state index in [-0.39, 0.29) is 28.3 Å². The smallest absolute Gasteiger partial charge is 0.296 e. The second kappa shape index (κ2) is 8.78. The first-order chi connectivity index (χ1) is 17.9. The molecule has 2 fully saturated rings. The van der Waals surface area contributed by atoms with Crippen LogP contribution in [-0.4, -0.2) is 45.5 Å². The topological polar surface area (TPSA) is 72.3 Å². The maximum atomic E-state index is 15.7. The van der Waals surface area contributed by atoms with Gasteiger partial charge in [-0.3, -0.25) is 14.0 Å². The van der Waals surface area contributed by atoms with Crippen LogP contribution in [0.3, 0.4) is 0 Å². The van der Waals surface area contributed by atoms with Crippen molar-refractivity contribution in [2.75, 3.05) is 31.1 Å².